The van der Waals surface area contributed by atoms with Gasteiger partial charge in [0.15, 0.2) is 0 Å². The van der Waals surface area contributed by atoms with E-state index >= 15 is 0 Å². The van der Waals surface area contributed by atoms with Crippen LogP contribution in [0.15, 0.2) is 42.7 Å². The van der Waals surface area contributed by atoms with Gasteiger partial charge < -0.3 is 9.47 Å². The first-order valence-corrected chi connectivity index (χ1v) is 5.88. The van der Waals surface area contributed by atoms with Crippen molar-refractivity contribution in [2.75, 3.05) is 14.2 Å². The van der Waals surface area contributed by atoms with Crippen molar-refractivity contribution in [3.8, 4) is 11.5 Å². The molecule has 19 heavy (non-hydrogen) atoms. The lowest BCUT2D eigenvalue weighted by molar-refractivity contribution is 0.387. The summed E-state index contributed by atoms with van der Waals surface area (Å²) in [4.78, 5) is 4.11. The number of hydrazine groups is 1. The molecule has 5 nitrogen and oxygen atoms in total. The molecule has 0 amide bonds. The Hall–Kier alpha value is -2.11. The van der Waals surface area contributed by atoms with Crippen molar-refractivity contribution in [2.45, 2.75) is 6.04 Å². The number of pyridine rings is 1. The van der Waals surface area contributed by atoms with Crippen LogP contribution in [0.5, 0.6) is 11.5 Å². The van der Waals surface area contributed by atoms with Crippen LogP contribution in [0.3, 0.4) is 0 Å². The van der Waals surface area contributed by atoms with Crippen LogP contribution in [0.25, 0.3) is 0 Å². The van der Waals surface area contributed by atoms with Crippen LogP contribution in [0.2, 0.25) is 0 Å². The minimum Gasteiger partial charge on any atom is -0.497 e. The summed E-state index contributed by atoms with van der Waals surface area (Å²) in [5, 5.41) is 0. The van der Waals surface area contributed by atoms with Gasteiger partial charge in [-0.15, -0.1) is 0 Å². The Bertz CT molecular complexity index is 531. The second-order valence-corrected chi connectivity index (χ2v) is 3.99. The van der Waals surface area contributed by atoms with Crippen LogP contribution in [0.1, 0.15) is 17.2 Å². The average Bonchev–Trinajstić information content (AvgIpc) is 2.49. The largest absolute Gasteiger partial charge is 0.497 e. The van der Waals surface area contributed by atoms with E-state index in [4.69, 9.17) is 15.3 Å². The third kappa shape index (κ3) is 2.83. The highest BCUT2D eigenvalue weighted by molar-refractivity contribution is 5.45. The molecule has 1 atom stereocenters. The number of nitrogens with two attached hydrogens (primary N) is 1. The van der Waals surface area contributed by atoms with Gasteiger partial charge in [0.2, 0.25) is 0 Å². The summed E-state index contributed by atoms with van der Waals surface area (Å²) < 4.78 is 10.6. The molecule has 1 heterocycles. The Morgan fingerprint density at radius 2 is 2.05 bits per heavy atom. The molecule has 100 valence electrons. The lowest BCUT2D eigenvalue weighted by Crippen LogP contribution is -2.29. The Labute approximate surface area is 112 Å². The van der Waals surface area contributed by atoms with Gasteiger partial charge >= 0.3 is 0 Å². The zero-order valence-electron chi connectivity index (χ0n) is 11.0. The average molecular weight is 259 g/mol. The summed E-state index contributed by atoms with van der Waals surface area (Å²) in [7, 11) is 3.24. The molecule has 0 aliphatic heterocycles. The predicted octanol–water partition coefficient (Wildman–Crippen LogP) is 1.65. The monoisotopic (exact) mass is 259 g/mol. The van der Waals surface area contributed by atoms with Gasteiger partial charge in [0.1, 0.15) is 11.5 Å². The molecule has 1 unspecified atom stereocenters. The zero-order valence-corrected chi connectivity index (χ0v) is 11.0. The highest BCUT2D eigenvalue weighted by atomic mass is 16.5. The minimum absolute atomic E-state index is 0.186. The van der Waals surface area contributed by atoms with Gasteiger partial charge in [-0.1, -0.05) is 6.07 Å². The third-order valence-electron chi connectivity index (χ3n) is 2.94. The van der Waals surface area contributed by atoms with Gasteiger partial charge in [-0.3, -0.25) is 10.8 Å². The second kappa shape index (κ2) is 6.17. The van der Waals surface area contributed by atoms with E-state index in [2.05, 4.69) is 10.4 Å². The van der Waals surface area contributed by atoms with Gasteiger partial charge in [0, 0.05) is 24.0 Å². The second-order valence-electron chi connectivity index (χ2n) is 3.99. The Morgan fingerprint density at radius 1 is 1.21 bits per heavy atom. The summed E-state index contributed by atoms with van der Waals surface area (Å²) in [6.07, 6.45) is 3.50. The molecule has 0 radical (unpaired) electrons. The molecule has 0 saturated heterocycles. The summed E-state index contributed by atoms with van der Waals surface area (Å²) in [5.74, 6) is 7.12. The van der Waals surface area contributed by atoms with E-state index in [0.29, 0.717) is 5.75 Å². The van der Waals surface area contributed by atoms with Crippen molar-refractivity contribution in [3.05, 3.63) is 53.9 Å². The minimum atomic E-state index is -0.186. The lowest BCUT2D eigenvalue weighted by Gasteiger charge is -2.19. The smallest absolute Gasteiger partial charge is 0.127 e. The number of hydrogen-bond acceptors (Lipinski definition) is 5. The number of ether oxygens (including phenoxy) is 2. The van der Waals surface area contributed by atoms with Crippen molar-refractivity contribution in [2.24, 2.45) is 5.84 Å². The highest BCUT2D eigenvalue weighted by Gasteiger charge is 2.17. The highest BCUT2D eigenvalue weighted by Crippen LogP contribution is 2.32. The summed E-state index contributed by atoms with van der Waals surface area (Å²) in [5.41, 5.74) is 4.68. The molecular formula is C14H17N3O2. The normalized spacial score (nSPS) is 11.9. The predicted molar refractivity (Wildman–Crippen MR) is 72.9 cm³/mol. The van der Waals surface area contributed by atoms with Gasteiger partial charge in [0.05, 0.1) is 20.3 Å². The van der Waals surface area contributed by atoms with E-state index in [0.717, 1.165) is 16.9 Å². The summed E-state index contributed by atoms with van der Waals surface area (Å²) in [6.45, 7) is 0. The van der Waals surface area contributed by atoms with Crippen molar-refractivity contribution in [3.63, 3.8) is 0 Å². The number of methoxy groups -OCH3 is 2. The fraction of sp³-hybridized carbons (Fsp3) is 0.214. The number of nitrogens with zero attached hydrogens (tertiary/aromatic N) is 1. The van der Waals surface area contributed by atoms with E-state index in [1.807, 2.05) is 30.3 Å². The number of benzene rings is 1. The SMILES string of the molecule is COc1ccc(C(NN)c2cccnc2)c(OC)c1. The number of nitrogens with one attached hydrogen (secondary N) is 1. The molecule has 3 N–H and O–H groups in total. The quantitative estimate of drug-likeness (QED) is 0.631. The van der Waals surface area contributed by atoms with Gasteiger partial charge in [0.25, 0.3) is 0 Å². The third-order valence-corrected chi connectivity index (χ3v) is 2.94. The maximum Gasteiger partial charge on any atom is 0.127 e. The molecule has 2 aromatic rings. The molecule has 5 heteroatoms. The van der Waals surface area contributed by atoms with Crippen molar-refractivity contribution in [1.29, 1.82) is 0 Å². The van der Waals surface area contributed by atoms with Crippen LogP contribution >= 0.6 is 0 Å². The molecular weight excluding hydrogens is 242 g/mol. The van der Waals surface area contributed by atoms with E-state index in [-0.39, 0.29) is 6.04 Å². The van der Waals surface area contributed by atoms with Crippen LogP contribution < -0.4 is 20.7 Å². The Kier molecular flexibility index (Phi) is 4.33. The summed E-state index contributed by atoms with van der Waals surface area (Å²) >= 11 is 0. The zero-order chi connectivity index (χ0) is 13.7. The van der Waals surface area contributed by atoms with Gasteiger partial charge in [-0.2, -0.15) is 0 Å². The molecule has 2 rings (SSSR count). The number of rotatable bonds is 5. The van der Waals surface area contributed by atoms with Crippen LogP contribution in [-0.2, 0) is 0 Å². The topological polar surface area (TPSA) is 69.4 Å². The lowest BCUT2D eigenvalue weighted by atomic mass is 9.99. The molecule has 1 aromatic carbocycles. The molecule has 0 bridgehead atoms. The molecule has 0 saturated carbocycles. The van der Waals surface area contributed by atoms with Crippen LogP contribution in [0, 0.1) is 0 Å². The Balaban J connectivity index is 2.43. The first-order valence-electron chi connectivity index (χ1n) is 5.88. The first-order chi connectivity index (χ1) is 9.30. The van der Waals surface area contributed by atoms with Crippen molar-refractivity contribution >= 4 is 0 Å². The van der Waals surface area contributed by atoms with Crippen molar-refractivity contribution in [1.82, 2.24) is 10.4 Å². The van der Waals surface area contributed by atoms with Crippen molar-refractivity contribution < 1.29 is 9.47 Å². The number of aromatic nitrogens is 1. The molecule has 0 spiro atoms. The Morgan fingerprint density at radius 3 is 2.63 bits per heavy atom. The van der Waals surface area contributed by atoms with Gasteiger partial charge in [-0.25, -0.2) is 5.43 Å². The molecule has 0 aliphatic carbocycles. The van der Waals surface area contributed by atoms with Crippen LogP contribution in [0.4, 0.5) is 0 Å². The van der Waals surface area contributed by atoms with E-state index in [1.54, 1.807) is 26.6 Å². The molecule has 0 aliphatic rings. The van der Waals surface area contributed by atoms with Crippen LogP contribution in [-0.4, -0.2) is 19.2 Å². The first kappa shape index (κ1) is 13.3. The van der Waals surface area contributed by atoms with Gasteiger partial charge in [-0.05, 0) is 23.8 Å². The molecule has 1 aromatic heterocycles. The fourth-order valence-corrected chi connectivity index (χ4v) is 1.97. The maximum absolute atomic E-state index is 5.67. The van der Waals surface area contributed by atoms with E-state index < -0.39 is 0 Å². The van der Waals surface area contributed by atoms with E-state index in [9.17, 15) is 0 Å². The maximum atomic E-state index is 5.67. The standard InChI is InChI=1S/C14H17N3O2/c1-18-11-5-6-12(13(8-11)19-2)14(17-15)10-4-3-7-16-9-10/h3-9,14,17H,15H2,1-2H3. The summed E-state index contributed by atoms with van der Waals surface area (Å²) in [6, 6.07) is 9.27. The van der Waals surface area contributed by atoms with E-state index in [1.165, 1.54) is 0 Å². The number of hydrogen-bond donors (Lipinski definition) is 2. The molecule has 0 fully saturated rings. The fourth-order valence-electron chi connectivity index (χ4n) is 1.97.